The standard InChI is InChI=1S/C15H26N2O3/c1-3-13(20-12-7-5-4-6-8-12)15(19)16-11-9-14(18)17(2)10-11/h11-13H,3-10H2,1-2H3,(H,16,19). The van der Waals surface area contributed by atoms with Gasteiger partial charge in [0.15, 0.2) is 0 Å². The molecular formula is C15H26N2O3. The molecule has 1 saturated heterocycles. The number of carbonyl (C=O) groups excluding carboxylic acids is 2. The summed E-state index contributed by atoms with van der Waals surface area (Å²) in [5.74, 6) is 0.0303. The molecule has 2 aliphatic rings. The van der Waals surface area contributed by atoms with Gasteiger partial charge < -0.3 is 15.0 Å². The fourth-order valence-corrected chi connectivity index (χ4v) is 3.03. The third-order valence-electron chi connectivity index (χ3n) is 4.26. The van der Waals surface area contributed by atoms with Gasteiger partial charge in [-0.1, -0.05) is 26.2 Å². The summed E-state index contributed by atoms with van der Waals surface area (Å²) < 4.78 is 5.96. The Hall–Kier alpha value is -1.10. The Kier molecular flexibility index (Phi) is 5.40. The Labute approximate surface area is 121 Å². The molecule has 0 spiro atoms. The van der Waals surface area contributed by atoms with Crippen molar-refractivity contribution in [2.75, 3.05) is 13.6 Å². The van der Waals surface area contributed by atoms with E-state index in [1.807, 2.05) is 6.92 Å². The number of hydrogen-bond acceptors (Lipinski definition) is 3. The van der Waals surface area contributed by atoms with Crippen molar-refractivity contribution >= 4 is 11.8 Å². The molecule has 0 aromatic heterocycles. The predicted octanol–water partition coefficient (Wildman–Crippen LogP) is 1.46. The van der Waals surface area contributed by atoms with Crippen molar-refractivity contribution in [3.63, 3.8) is 0 Å². The van der Waals surface area contributed by atoms with Crippen LogP contribution < -0.4 is 5.32 Å². The molecule has 1 N–H and O–H groups in total. The Morgan fingerprint density at radius 2 is 2.10 bits per heavy atom. The van der Waals surface area contributed by atoms with E-state index in [2.05, 4.69) is 5.32 Å². The molecule has 20 heavy (non-hydrogen) atoms. The quantitative estimate of drug-likeness (QED) is 0.830. The first-order valence-corrected chi connectivity index (χ1v) is 7.80. The Morgan fingerprint density at radius 3 is 2.65 bits per heavy atom. The van der Waals surface area contributed by atoms with Gasteiger partial charge in [-0.25, -0.2) is 0 Å². The number of carbonyl (C=O) groups is 2. The first-order valence-electron chi connectivity index (χ1n) is 7.80. The average molecular weight is 282 g/mol. The van der Waals surface area contributed by atoms with Crippen LogP contribution in [0, 0.1) is 0 Å². The van der Waals surface area contributed by atoms with Gasteiger partial charge in [-0.2, -0.15) is 0 Å². The van der Waals surface area contributed by atoms with E-state index in [4.69, 9.17) is 4.74 Å². The molecule has 1 saturated carbocycles. The number of amides is 2. The lowest BCUT2D eigenvalue weighted by Crippen LogP contribution is -2.44. The minimum Gasteiger partial charge on any atom is -0.365 e. The third-order valence-corrected chi connectivity index (χ3v) is 4.26. The summed E-state index contributed by atoms with van der Waals surface area (Å²) in [5, 5.41) is 2.95. The van der Waals surface area contributed by atoms with Crippen LogP contribution in [0.4, 0.5) is 0 Å². The van der Waals surface area contributed by atoms with Gasteiger partial charge in [0, 0.05) is 20.0 Å². The lowest BCUT2D eigenvalue weighted by atomic mass is 9.97. The molecule has 5 heteroatoms. The van der Waals surface area contributed by atoms with Crippen LogP contribution in [0.1, 0.15) is 51.9 Å². The predicted molar refractivity (Wildman–Crippen MR) is 76.2 cm³/mol. The molecule has 2 rings (SSSR count). The second-order valence-electron chi connectivity index (χ2n) is 5.98. The van der Waals surface area contributed by atoms with Gasteiger partial charge in [-0.05, 0) is 19.3 Å². The van der Waals surface area contributed by atoms with Crippen molar-refractivity contribution < 1.29 is 14.3 Å². The summed E-state index contributed by atoms with van der Waals surface area (Å²) in [5.41, 5.74) is 0. The maximum Gasteiger partial charge on any atom is 0.249 e. The van der Waals surface area contributed by atoms with Crippen LogP contribution in [0.15, 0.2) is 0 Å². The van der Waals surface area contributed by atoms with Gasteiger partial charge in [0.2, 0.25) is 11.8 Å². The summed E-state index contributed by atoms with van der Waals surface area (Å²) in [6.45, 7) is 2.57. The molecule has 0 aromatic carbocycles. The number of likely N-dealkylation sites (tertiary alicyclic amines) is 1. The maximum absolute atomic E-state index is 12.3. The molecule has 5 nitrogen and oxygen atoms in total. The minimum absolute atomic E-state index is 0.0637. The Bertz CT molecular complexity index is 353. The fraction of sp³-hybridized carbons (Fsp3) is 0.867. The van der Waals surface area contributed by atoms with E-state index < -0.39 is 0 Å². The largest absolute Gasteiger partial charge is 0.365 e. The highest BCUT2D eigenvalue weighted by molar-refractivity contribution is 5.84. The highest BCUT2D eigenvalue weighted by atomic mass is 16.5. The second-order valence-corrected chi connectivity index (χ2v) is 5.98. The van der Waals surface area contributed by atoms with Crippen LogP contribution in [0.25, 0.3) is 0 Å². The first kappa shape index (κ1) is 15.3. The topological polar surface area (TPSA) is 58.6 Å². The van der Waals surface area contributed by atoms with E-state index in [0.717, 1.165) is 12.8 Å². The monoisotopic (exact) mass is 282 g/mol. The summed E-state index contributed by atoms with van der Waals surface area (Å²) in [7, 11) is 1.77. The van der Waals surface area contributed by atoms with Gasteiger partial charge in [-0.15, -0.1) is 0 Å². The molecule has 0 radical (unpaired) electrons. The van der Waals surface area contributed by atoms with Crippen molar-refractivity contribution in [3.8, 4) is 0 Å². The zero-order valence-corrected chi connectivity index (χ0v) is 12.6. The molecule has 2 fully saturated rings. The van der Waals surface area contributed by atoms with Crippen LogP contribution in [-0.4, -0.2) is 48.6 Å². The SMILES string of the molecule is CCC(OC1CCCCC1)C(=O)NC1CC(=O)N(C)C1. The summed E-state index contributed by atoms with van der Waals surface area (Å²) in [4.78, 5) is 25.4. The molecule has 1 heterocycles. The Morgan fingerprint density at radius 1 is 1.40 bits per heavy atom. The van der Waals surface area contributed by atoms with E-state index in [9.17, 15) is 9.59 Å². The van der Waals surface area contributed by atoms with E-state index in [1.165, 1.54) is 19.3 Å². The van der Waals surface area contributed by atoms with Crippen LogP contribution in [0.3, 0.4) is 0 Å². The van der Waals surface area contributed by atoms with Crippen LogP contribution in [0.5, 0.6) is 0 Å². The van der Waals surface area contributed by atoms with Crippen LogP contribution >= 0.6 is 0 Å². The third kappa shape index (κ3) is 3.95. The average Bonchev–Trinajstić information content (AvgIpc) is 2.75. The fourth-order valence-electron chi connectivity index (χ4n) is 3.03. The zero-order chi connectivity index (χ0) is 14.5. The normalized spacial score (nSPS) is 25.8. The molecule has 2 atom stereocenters. The van der Waals surface area contributed by atoms with E-state index in [-0.39, 0.29) is 30.1 Å². The number of nitrogens with one attached hydrogen (secondary N) is 1. The van der Waals surface area contributed by atoms with Crippen molar-refractivity contribution in [2.45, 2.75) is 70.1 Å². The summed E-state index contributed by atoms with van der Waals surface area (Å²) in [6, 6.07) is -0.0657. The summed E-state index contributed by atoms with van der Waals surface area (Å²) >= 11 is 0. The number of hydrogen-bond donors (Lipinski definition) is 1. The first-order chi connectivity index (χ1) is 9.60. The highest BCUT2D eigenvalue weighted by Gasteiger charge is 2.30. The molecule has 2 unspecified atom stereocenters. The van der Waals surface area contributed by atoms with Crippen LogP contribution in [-0.2, 0) is 14.3 Å². The van der Waals surface area contributed by atoms with Gasteiger partial charge in [0.1, 0.15) is 6.10 Å². The molecule has 0 bridgehead atoms. The molecule has 1 aliphatic carbocycles. The highest BCUT2D eigenvalue weighted by Crippen LogP contribution is 2.22. The Balaban J connectivity index is 1.80. The zero-order valence-electron chi connectivity index (χ0n) is 12.6. The number of nitrogens with zero attached hydrogens (tertiary/aromatic N) is 1. The van der Waals surface area contributed by atoms with Crippen molar-refractivity contribution in [3.05, 3.63) is 0 Å². The van der Waals surface area contributed by atoms with Gasteiger partial charge >= 0.3 is 0 Å². The van der Waals surface area contributed by atoms with Gasteiger partial charge in [0.05, 0.1) is 12.1 Å². The second kappa shape index (κ2) is 7.07. The number of likely N-dealkylation sites (N-methyl/N-ethyl adjacent to an activating group) is 1. The molecule has 2 amide bonds. The van der Waals surface area contributed by atoms with Crippen LogP contribution in [0.2, 0.25) is 0 Å². The molecule has 0 aromatic rings. The van der Waals surface area contributed by atoms with Gasteiger partial charge in [0.25, 0.3) is 0 Å². The van der Waals surface area contributed by atoms with E-state index in [0.29, 0.717) is 19.4 Å². The van der Waals surface area contributed by atoms with Crippen molar-refractivity contribution in [1.82, 2.24) is 10.2 Å². The number of ether oxygens (including phenoxy) is 1. The van der Waals surface area contributed by atoms with Crippen molar-refractivity contribution in [1.29, 1.82) is 0 Å². The molecular weight excluding hydrogens is 256 g/mol. The molecule has 1 aliphatic heterocycles. The van der Waals surface area contributed by atoms with Gasteiger partial charge in [-0.3, -0.25) is 9.59 Å². The lowest BCUT2D eigenvalue weighted by Gasteiger charge is -2.27. The van der Waals surface area contributed by atoms with E-state index >= 15 is 0 Å². The van der Waals surface area contributed by atoms with E-state index in [1.54, 1.807) is 11.9 Å². The minimum atomic E-state index is -0.376. The maximum atomic E-state index is 12.3. The summed E-state index contributed by atoms with van der Waals surface area (Å²) in [6.07, 6.45) is 6.74. The lowest BCUT2D eigenvalue weighted by molar-refractivity contribution is -0.139. The molecule has 114 valence electrons. The smallest absolute Gasteiger partial charge is 0.249 e. The van der Waals surface area contributed by atoms with Crippen molar-refractivity contribution in [2.24, 2.45) is 0 Å². The number of rotatable bonds is 5.